The van der Waals surface area contributed by atoms with Gasteiger partial charge in [-0.25, -0.2) is 0 Å². The van der Waals surface area contributed by atoms with Crippen LogP contribution in [0.4, 0.5) is 5.00 Å². The third-order valence-corrected chi connectivity index (χ3v) is 16.1. The Balaban J connectivity index is 1.36. The Morgan fingerprint density at radius 3 is 2.09 bits per heavy atom. The Bertz CT molecular complexity index is 1570. The standard InChI is InChI=1S/C35H41N3O4SSi/c1-22(2)44(23(3)4,24(5)6)42-18-16-25-11-13-26(14-12-25)30(21-38-34(40)28-9-7-8-10-29(28)35(38)41)33(39)37-32-19-27-15-17-36-20-31(27)43-32/h7-15,17,19-20,22-24,30H,16,18,21H2,1-6H3,(H,37,39). The van der Waals surface area contributed by atoms with Gasteiger partial charge in [0.2, 0.25) is 5.91 Å². The van der Waals surface area contributed by atoms with Gasteiger partial charge < -0.3 is 9.74 Å². The highest BCUT2D eigenvalue weighted by atomic mass is 32.1. The Hall–Kier alpha value is -3.66. The van der Waals surface area contributed by atoms with E-state index in [0.29, 0.717) is 39.4 Å². The first-order valence-electron chi connectivity index (χ1n) is 15.3. The average Bonchev–Trinajstić information content (AvgIpc) is 3.51. The summed E-state index contributed by atoms with van der Waals surface area (Å²) < 4.78 is 7.72. The molecular formula is C35H41N3O4SSi. The van der Waals surface area contributed by atoms with Gasteiger partial charge in [0.1, 0.15) is 0 Å². The van der Waals surface area contributed by atoms with Gasteiger partial charge in [-0.05, 0) is 63.8 Å². The van der Waals surface area contributed by atoms with Crippen molar-refractivity contribution < 1.29 is 18.8 Å². The van der Waals surface area contributed by atoms with E-state index in [1.165, 1.54) is 16.2 Å². The van der Waals surface area contributed by atoms with E-state index in [1.54, 1.807) is 36.7 Å². The first-order valence-corrected chi connectivity index (χ1v) is 18.3. The molecule has 4 aromatic rings. The van der Waals surface area contributed by atoms with Crippen LogP contribution in [-0.2, 0) is 15.6 Å². The number of fused-ring (bicyclic) bond motifs is 2. The Kier molecular flexibility index (Phi) is 9.48. The molecule has 1 unspecified atom stereocenters. The summed E-state index contributed by atoms with van der Waals surface area (Å²) in [6.07, 6.45) is 4.26. The van der Waals surface area contributed by atoms with Crippen LogP contribution in [0.1, 0.15) is 79.3 Å². The van der Waals surface area contributed by atoms with Crippen LogP contribution in [-0.4, -0.2) is 49.1 Å². The molecule has 2 aromatic carbocycles. The van der Waals surface area contributed by atoms with E-state index in [4.69, 9.17) is 4.43 Å². The van der Waals surface area contributed by atoms with E-state index < -0.39 is 14.2 Å². The molecule has 0 saturated heterocycles. The number of rotatable bonds is 12. The van der Waals surface area contributed by atoms with Crippen molar-refractivity contribution in [2.45, 2.75) is 70.5 Å². The molecule has 0 fully saturated rings. The van der Waals surface area contributed by atoms with Gasteiger partial charge >= 0.3 is 0 Å². The zero-order valence-electron chi connectivity index (χ0n) is 26.3. The van der Waals surface area contributed by atoms with Crippen LogP contribution in [0.3, 0.4) is 0 Å². The molecule has 3 amide bonds. The largest absolute Gasteiger partial charge is 0.416 e. The van der Waals surface area contributed by atoms with Crippen molar-refractivity contribution >= 4 is 52.5 Å². The number of hydrogen-bond donors (Lipinski definition) is 1. The van der Waals surface area contributed by atoms with Crippen molar-refractivity contribution in [3.63, 3.8) is 0 Å². The number of carbonyl (C=O) groups is 3. The third kappa shape index (κ3) is 6.13. The molecule has 1 atom stereocenters. The summed E-state index contributed by atoms with van der Waals surface area (Å²) in [4.78, 5) is 45.7. The summed E-state index contributed by atoms with van der Waals surface area (Å²) in [7, 11) is -1.96. The number of benzene rings is 2. The van der Waals surface area contributed by atoms with E-state index in [0.717, 1.165) is 27.6 Å². The highest BCUT2D eigenvalue weighted by Crippen LogP contribution is 2.42. The zero-order chi connectivity index (χ0) is 31.6. The SMILES string of the molecule is CC(C)[Si](OCCc1ccc(C(CN2C(=O)c3ccccc3C2=O)C(=O)Nc2cc3ccncc3s2)cc1)(C(C)C)C(C)C. The second-order valence-corrected chi connectivity index (χ2v) is 19.0. The molecule has 230 valence electrons. The van der Waals surface area contributed by atoms with Crippen LogP contribution < -0.4 is 5.32 Å². The molecule has 0 radical (unpaired) electrons. The normalized spacial score (nSPS) is 14.2. The predicted molar refractivity (Wildman–Crippen MR) is 180 cm³/mol. The molecule has 3 heterocycles. The third-order valence-electron chi connectivity index (χ3n) is 8.96. The van der Waals surface area contributed by atoms with Gasteiger partial charge in [-0.1, -0.05) is 77.9 Å². The number of amides is 3. The molecule has 9 heteroatoms. The minimum absolute atomic E-state index is 0.0572. The summed E-state index contributed by atoms with van der Waals surface area (Å²) in [6.45, 7) is 14.3. The Morgan fingerprint density at radius 2 is 1.52 bits per heavy atom. The molecule has 1 N–H and O–H groups in total. The number of carbonyl (C=O) groups excluding carboxylic acids is 3. The van der Waals surface area contributed by atoms with Crippen LogP contribution in [0.2, 0.25) is 16.6 Å². The maximum absolute atomic E-state index is 13.8. The van der Waals surface area contributed by atoms with Gasteiger partial charge in [0, 0.05) is 25.5 Å². The summed E-state index contributed by atoms with van der Waals surface area (Å²) >= 11 is 1.44. The lowest BCUT2D eigenvalue weighted by Gasteiger charge is -2.42. The van der Waals surface area contributed by atoms with E-state index >= 15 is 0 Å². The van der Waals surface area contributed by atoms with Gasteiger partial charge in [-0.2, -0.15) is 0 Å². The summed E-state index contributed by atoms with van der Waals surface area (Å²) in [5, 5.41) is 4.72. The van der Waals surface area contributed by atoms with E-state index in [2.05, 4.69) is 51.8 Å². The molecule has 5 rings (SSSR count). The highest BCUT2D eigenvalue weighted by molar-refractivity contribution is 7.22. The lowest BCUT2D eigenvalue weighted by molar-refractivity contribution is -0.117. The van der Waals surface area contributed by atoms with Crippen molar-refractivity contribution in [3.05, 3.63) is 95.3 Å². The molecule has 0 saturated carbocycles. The number of anilines is 1. The lowest BCUT2D eigenvalue weighted by Crippen LogP contribution is -2.48. The topological polar surface area (TPSA) is 88.6 Å². The number of thiophene rings is 1. The van der Waals surface area contributed by atoms with Gasteiger partial charge in [0.05, 0.1) is 26.7 Å². The molecule has 0 aliphatic carbocycles. The smallest absolute Gasteiger partial charge is 0.261 e. The van der Waals surface area contributed by atoms with Crippen molar-refractivity contribution in [2.75, 3.05) is 18.5 Å². The van der Waals surface area contributed by atoms with E-state index in [9.17, 15) is 14.4 Å². The van der Waals surface area contributed by atoms with Crippen molar-refractivity contribution in [1.29, 1.82) is 0 Å². The van der Waals surface area contributed by atoms with Crippen LogP contribution in [0.25, 0.3) is 10.1 Å². The first kappa shape index (κ1) is 31.8. The first-order chi connectivity index (χ1) is 21.0. The fourth-order valence-electron chi connectivity index (χ4n) is 6.84. The number of aromatic nitrogens is 1. The number of imide groups is 1. The molecule has 0 bridgehead atoms. The second kappa shape index (κ2) is 13.1. The Morgan fingerprint density at radius 1 is 0.909 bits per heavy atom. The monoisotopic (exact) mass is 627 g/mol. The molecule has 0 spiro atoms. The predicted octanol–water partition coefficient (Wildman–Crippen LogP) is 8.05. The Labute approximate surface area is 264 Å². The summed E-state index contributed by atoms with van der Waals surface area (Å²) in [6, 6.07) is 18.5. The maximum Gasteiger partial charge on any atom is 0.261 e. The quantitative estimate of drug-likeness (QED) is 0.127. The van der Waals surface area contributed by atoms with Crippen LogP contribution in [0, 0.1) is 0 Å². The van der Waals surface area contributed by atoms with Gasteiger partial charge in [0.25, 0.3) is 11.8 Å². The molecular weight excluding hydrogens is 587 g/mol. The average molecular weight is 628 g/mol. The van der Waals surface area contributed by atoms with Crippen molar-refractivity contribution in [2.24, 2.45) is 0 Å². The summed E-state index contributed by atoms with van der Waals surface area (Å²) in [5.74, 6) is -1.79. The van der Waals surface area contributed by atoms with Crippen LogP contribution >= 0.6 is 11.3 Å². The fourth-order valence-corrected chi connectivity index (χ4v) is 13.2. The van der Waals surface area contributed by atoms with E-state index in [-0.39, 0.29) is 24.3 Å². The summed E-state index contributed by atoms with van der Waals surface area (Å²) in [5.41, 5.74) is 4.14. The zero-order valence-corrected chi connectivity index (χ0v) is 28.1. The van der Waals surface area contributed by atoms with Gasteiger partial charge in [-0.3, -0.25) is 24.3 Å². The highest BCUT2D eigenvalue weighted by Gasteiger charge is 2.45. The van der Waals surface area contributed by atoms with Crippen LogP contribution in [0.15, 0.2) is 73.1 Å². The second-order valence-electron chi connectivity index (χ2n) is 12.5. The number of pyridine rings is 1. The fraction of sp³-hybridized carbons (Fsp3) is 0.371. The van der Waals surface area contributed by atoms with E-state index in [1.807, 2.05) is 36.4 Å². The number of nitrogens with one attached hydrogen (secondary N) is 1. The minimum atomic E-state index is -1.96. The van der Waals surface area contributed by atoms with Crippen molar-refractivity contribution in [1.82, 2.24) is 9.88 Å². The maximum atomic E-state index is 13.8. The number of hydrogen-bond acceptors (Lipinski definition) is 6. The molecule has 1 aliphatic rings. The minimum Gasteiger partial charge on any atom is -0.416 e. The lowest BCUT2D eigenvalue weighted by atomic mass is 9.95. The number of nitrogens with zero attached hydrogens (tertiary/aromatic N) is 2. The molecule has 1 aliphatic heterocycles. The molecule has 2 aromatic heterocycles. The molecule has 7 nitrogen and oxygen atoms in total. The van der Waals surface area contributed by atoms with Crippen LogP contribution in [0.5, 0.6) is 0 Å². The van der Waals surface area contributed by atoms with Gasteiger partial charge in [0.15, 0.2) is 8.32 Å². The molecule has 44 heavy (non-hydrogen) atoms. The van der Waals surface area contributed by atoms with Gasteiger partial charge in [-0.15, -0.1) is 11.3 Å². The van der Waals surface area contributed by atoms with Crippen molar-refractivity contribution in [3.8, 4) is 0 Å².